The number of halogens is 1. The summed E-state index contributed by atoms with van der Waals surface area (Å²) < 4.78 is 15.7. The minimum Gasteiger partial charge on any atom is -0.366 e. The number of likely N-dealkylation sites (tertiary alicyclic amines) is 1. The lowest BCUT2D eigenvalue weighted by Crippen LogP contribution is -2.53. The number of anilines is 2. The van der Waals surface area contributed by atoms with E-state index in [1.165, 1.54) is 17.8 Å². The molecule has 0 radical (unpaired) electrons. The van der Waals surface area contributed by atoms with Gasteiger partial charge < -0.3 is 24.9 Å². The van der Waals surface area contributed by atoms with Crippen LogP contribution in [-0.4, -0.2) is 107 Å². The number of amides is 4. The summed E-state index contributed by atoms with van der Waals surface area (Å²) in [6, 6.07) is 13.1. The molecule has 272 valence electrons. The Kier molecular flexibility index (Phi) is 10.8. The van der Waals surface area contributed by atoms with Crippen molar-refractivity contribution in [2.24, 2.45) is 5.92 Å². The molecule has 6 rings (SSSR count). The van der Waals surface area contributed by atoms with E-state index in [1.807, 2.05) is 39.0 Å². The second-order valence-corrected chi connectivity index (χ2v) is 16.6. The van der Waals surface area contributed by atoms with Crippen LogP contribution in [0.15, 0.2) is 42.5 Å². The topological polar surface area (TPSA) is 79.4 Å². The van der Waals surface area contributed by atoms with Crippen molar-refractivity contribution in [1.82, 2.24) is 19.6 Å². The Morgan fingerprint density at radius 3 is 2.39 bits per heavy atom. The number of urea groups is 1. The maximum atomic E-state index is 15.7. The minimum atomic E-state index is -0.522. The van der Waals surface area contributed by atoms with Crippen molar-refractivity contribution in [3.63, 3.8) is 0 Å². The van der Waals surface area contributed by atoms with E-state index in [0.717, 1.165) is 42.7 Å². The third kappa shape index (κ3) is 7.88. The summed E-state index contributed by atoms with van der Waals surface area (Å²) in [7, 11) is 0. The smallest absolute Gasteiger partial charge is 0.322 e. The van der Waals surface area contributed by atoms with Gasteiger partial charge in [0.15, 0.2) is 0 Å². The molecular formula is C38H59FN6O3S. The predicted molar refractivity (Wildman–Crippen MR) is 202 cm³/mol. The van der Waals surface area contributed by atoms with Crippen LogP contribution in [0, 0.1) is 11.7 Å². The Morgan fingerprint density at radius 2 is 1.69 bits per heavy atom. The number of para-hydroxylation sites is 2. The summed E-state index contributed by atoms with van der Waals surface area (Å²) in [5, 5.41) is 2.19. The zero-order chi connectivity index (χ0) is 34.9. The molecule has 1 unspecified atom stereocenters. The van der Waals surface area contributed by atoms with Gasteiger partial charge in [-0.05, 0) is 70.1 Å². The number of nitrogens with one attached hydrogen (secondary N) is 1. The summed E-state index contributed by atoms with van der Waals surface area (Å²) in [4.78, 5) is 51.1. The van der Waals surface area contributed by atoms with Gasteiger partial charge in [-0.3, -0.25) is 14.5 Å². The average molecular weight is 699 g/mol. The van der Waals surface area contributed by atoms with Gasteiger partial charge in [0.1, 0.15) is 11.2 Å². The SMILES string of the molecule is CC(C)CCN1C(=O)[C@H](CC(=O)N2CCC(N3CCc4ccccc4NC3=O)CC2)SC1c1cccc(F)c1N1CCN(C(C)(C)C)CC1.[HH].[HH].[HH]. The highest BCUT2D eigenvalue weighted by Gasteiger charge is 2.44. The summed E-state index contributed by atoms with van der Waals surface area (Å²) in [5.41, 5.74) is 3.47. The number of carbonyl (C=O) groups excluding carboxylic acids is 3. The third-order valence-corrected chi connectivity index (χ3v) is 12.1. The van der Waals surface area contributed by atoms with Crippen LogP contribution in [0.3, 0.4) is 0 Å². The van der Waals surface area contributed by atoms with Gasteiger partial charge in [-0.15, -0.1) is 11.8 Å². The molecule has 1 N–H and O–H groups in total. The van der Waals surface area contributed by atoms with E-state index >= 15 is 4.39 Å². The molecular weight excluding hydrogens is 640 g/mol. The van der Waals surface area contributed by atoms with Gasteiger partial charge in [0, 0.05) is 85.9 Å². The minimum absolute atomic E-state index is 0. The van der Waals surface area contributed by atoms with Crippen LogP contribution in [-0.2, 0) is 16.0 Å². The highest BCUT2D eigenvalue weighted by molar-refractivity contribution is 8.01. The van der Waals surface area contributed by atoms with Gasteiger partial charge in [0.25, 0.3) is 0 Å². The monoisotopic (exact) mass is 698 g/mol. The highest BCUT2D eigenvalue weighted by atomic mass is 32.2. The molecule has 3 fully saturated rings. The molecule has 4 aliphatic rings. The lowest BCUT2D eigenvalue weighted by atomic mass is 10.0. The summed E-state index contributed by atoms with van der Waals surface area (Å²) in [6.07, 6.45) is 3.17. The second kappa shape index (κ2) is 14.9. The zero-order valence-electron chi connectivity index (χ0n) is 29.8. The van der Waals surface area contributed by atoms with Crippen molar-refractivity contribution in [1.29, 1.82) is 0 Å². The van der Waals surface area contributed by atoms with Crippen LogP contribution in [0.4, 0.5) is 20.6 Å². The Hall–Kier alpha value is -3.31. The second-order valence-electron chi connectivity index (χ2n) is 15.4. The molecule has 2 aromatic carbocycles. The number of carbonyl (C=O) groups is 3. The third-order valence-electron chi connectivity index (χ3n) is 10.7. The first-order valence-electron chi connectivity index (χ1n) is 18.1. The number of fused-ring (bicyclic) bond motifs is 1. The number of benzene rings is 2. The van der Waals surface area contributed by atoms with Gasteiger partial charge in [0.2, 0.25) is 11.8 Å². The number of rotatable bonds is 8. The molecule has 4 aliphatic heterocycles. The fraction of sp³-hybridized carbons (Fsp3) is 0.605. The number of hydrogen-bond donors (Lipinski definition) is 1. The van der Waals surface area contributed by atoms with E-state index in [1.54, 1.807) is 6.07 Å². The van der Waals surface area contributed by atoms with Crippen molar-refractivity contribution in [2.75, 3.05) is 62.6 Å². The Labute approximate surface area is 300 Å². The van der Waals surface area contributed by atoms with Crippen molar-refractivity contribution < 1.29 is 23.1 Å². The van der Waals surface area contributed by atoms with Crippen LogP contribution in [0.1, 0.15) is 81.1 Å². The molecule has 0 bridgehead atoms. The Morgan fingerprint density at radius 1 is 0.980 bits per heavy atom. The largest absolute Gasteiger partial charge is 0.366 e. The van der Waals surface area contributed by atoms with E-state index in [0.29, 0.717) is 63.7 Å². The number of nitrogens with zero attached hydrogens (tertiary/aromatic N) is 5. The van der Waals surface area contributed by atoms with Crippen molar-refractivity contribution in [2.45, 2.75) is 88.9 Å². The van der Waals surface area contributed by atoms with Crippen LogP contribution in [0.5, 0.6) is 0 Å². The number of piperazine rings is 1. The lowest BCUT2D eigenvalue weighted by Gasteiger charge is -2.43. The molecule has 11 heteroatoms. The lowest BCUT2D eigenvalue weighted by molar-refractivity contribution is -0.136. The van der Waals surface area contributed by atoms with Gasteiger partial charge >= 0.3 is 6.03 Å². The van der Waals surface area contributed by atoms with Crippen LogP contribution in [0.2, 0.25) is 0 Å². The molecule has 0 spiro atoms. The van der Waals surface area contributed by atoms with Gasteiger partial charge in [-0.2, -0.15) is 0 Å². The predicted octanol–water partition coefficient (Wildman–Crippen LogP) is 6.94. The fourth-order valence-corrected chi connectivity index (χ4v) is 9.20. The van der Waals surface area contributed by atoms with Crippen molar-refractivity contribution in [3.8, 4) is 0 Å². The Bertz CT molecular complexity index is 1530. The molecule has 0 aliphatic carbocycles. The average Bonchev–Trinajstić information content (AvgIpc) is 3.26. The van der Waals surface area contributed by atoms with E-state index in [9.17, 15) is 14.4 Å². The summed E-state index contributed by atoms with van der Waals surface area (Å²) >= 11 is 1.50. The van der Waals surface area contributed by atoms with Crippen molar-refractivity contribution >= 4 is 41.0 Å². The normalized spacial score (nSPS) is 22.8. The van der Waals surface area contributed by atoms with Crippen LogP contribution >= 0.6 is 11.8 Å². The molecule has 2 atom stereocenters. The standard InChI is InChI=1S/C38H53FN6O3S.3H2/c1-26(2)13-19-45-35(47)32(49-36(45)29-10-8-11-30(39)34(29)42-21-23-43(24-22-42)38(3,4)5)25-33(46)41-17-15-28(16-18-41)44-20-14-27-9-6-7-12-31(27)40-37(44)48;;;/h6-12,26,28,32,36H,13-25H2,1-5H3,(H,40,48);3*1H/t32-,36?;;;/m0.../s1. The van der Waals surface area contributed by atoms with Crippen LogP contribution in [0.25, 0.3) is 0 Å². The molecule has 3 saturated heterocycles. The first-order valence-corrected chi connectivity index (χ1v) is 19.0. The van der Waals surface area contributed by atoms with E-state index < -0.39 is 5.25 Å². The van der Waals surface area contributed by atoms with Gasteiger partial charge in [-0.1, -0.05) is 44.2 Å². The maximum Gasteiger partial charge on any atom is 0.322 e. The molecule has 49 heavy (non-hydrogen) atoms. The zero-order valence-corrected chi connectivity index (χ0v) is 30.6. The molecule has 2 aromatic rings. The number of piperidine rings is 1. The number of hydrogen-bond acceptors (Lipinski definition) is 6. The van der Waals surface area contributed by atoms with E-state index in [-0.39, 0.29) is 51.3 Å². The van der Waals surface area contributed by atoms with Gasteiger partial charge in [-0.25, -0.2) is 9.18 Å². The molecule has 0 aromatic heterocycles. The van der Waals surface area contributed by atoms with E-state index in [4.69, 9.17) is 0 Å². The quantitative estimate of drug-likeness (QED) is 0.322. The molecule has 4 amide bonds. The van der Waals surface area contributed by atoms with Crippen LogP contribution < -0.4 is 10.2 Å². The van der Waals surface area contributed by atoms with Gasteiger partial charge in [0.05, 0.1) is 10.9 Å². The molecule has 0 saturated carbocycles. The summed E-state index contributed by atoms with van der Waals surface area (Å²) in [5.74, 6) is 0.0768. The highest BCUT2D eigenvalue weighted by Crippen LogP contribution is 2.48. The maximum absolute atomic E-state index is 15.7. The fourth-order valence-electron chi connectivity index (χ4n) is 7.71. The first kappa shape index (κ1) is 35.5. The summed E-state index contributed by atoms with van der Waals surface area (Å²) in [6.45, 7) is 16.4. The molecule has 4 heterocycles. The number of thioether (sulfide) groups is 1. The first-order chi connectivity index (χ1) is 23.4. The Balaban J connectivity index is 0.00000243. The van der Waals surface area contributed by atoms with Crippen molar-refractivity contribution in [3.05, 3.63) is 59.4 Å². The van der Waals surface area contributed by atoms with E-state index in [2.05, 4.69) is 55.8 Å². The molecule has 9 nitrogen and oxygen atoms in total.